The molecular formula is C16H23NO4S. The maximum Gasteiger partial charge on any atom is 0.246 e. The van der Waals surface area contributed by atoms with Crippen molar-refractivity contribution in [1.82, 2.24) is 4.31 Å². The third kappa shape index (κ3) is 2.43. The first-order chi connectivity index (χ1) is 10.3. The quantitative estimate of drug-likeness (QED) is 0.917. The zero-order valence-corrected chi connectivity index (χ0v) is 14.0. The van der Waals surface area contributed by atoms with Crippen molar-refractivity contribution in [3.05, 3.63) is 23.8 Å². The van der Waals surface area contributed by atoms with Gasteiger partial charge in [-0.2, -0.15) is 4.31 Å². The first-order valence-corrected chi connectivity index (χ1v) is 9.14. The Morgan fingerprint density at radius 1 is 1.32 bits per heavy atom. The van der Waals surface area contributed by atoms with E-state index in [0.29, 0.717) is 31.2 Å². The van der Waals surface area contributed by atoms with Gasteiger partial charge in [-0.15, -0.1) is 0 Å². The molecule has 0 amide bonds. The van der Waals surface area contributed by atoms with Gasteiger partial charge < -0.3 is 9.84 Å². The van der Waals surface area contributed by atoms with Crippen LogP contribution in [0.2, 0.25) is 0 Å². The minimum Gasteiger partial charge on any atom is -0.495 e. The van der Waals surface area contributed by atoms with Gasteiger partial charge in [-0.25, -0.2) is 8.42 Å². The van der Waals surface area contributed by atoms with Crippen LogP contribution in [0.4, 0.5) is 0 Å². The van der Waals surface area contributed by atoms with Crippen molar-refractivity contribution in [2.24, 2.45) is 11.8 Å². The number of nitrogens with zero attached hydrogens (tertiary/aromatic N) is 1. The minimum atomic E-state index is -3.59. The fourth-order valence-electron chi connectivity index (χ4n) is 3.42. The zero-order chi connectivity index (χ0) is 16.1. The van der Waals surface area contributed by atoms with E-state index < -0.39 is 10.0 Å². The smallest absolute Gasteiger partial charge is 0.246 e. The lowest BCUT2D eigenvalue weighted by Gasteiger charge is -2.34. The number of ether oxygens (including phenoxy) is 1. The topological polar surface area (TPSA) is 66.8 Å². The summed E-state index contributed by atoms with van der Waals surface area (Å²) >= 11 is 0. The Balaban J connectivity index is 1.96. The van der Waals surface area contributed by atoms with E-state index in [4.69, 9.17) is 4.74 Å². The van der Waals surface area contributed by atoms with E-state index in [1.165, 1.54) is 11.4 Å². The van der Waals surface area contributed by atoms with Crippen LogP contribution in [0.3, 0.4) is 0 Å². The van der Waals surface area contributed by atoms with Gasteiger partial charge in [0.25, 0.3) is 0 Å². The number of rotatable bonds is 4. The Labute approximate surface area is 131 Å². The molecule has 1 heterocycles. The highest BCUT2D eigenvalue weighted by Gasteiger charge is 2.49. The van der Waals surface area contributed by atoms with E-state index in [1.54, 1.807) is 12.1 Å². The Morgan fingerprint density at radius 2 is 2.05 bits per heavy atom. The highest BCUT2D eigenvalue weighted by Crippen LogP contribution is 2.43. The molecule has 1 aliphatic heterocycles. The van der Waals surface area contributed by atoms with Crippen molar-refractivity contribution in [2.45, 2.75) is 37.2 Å². The van der Waals surface area contributed by atoms with E-state index in [2.05, 4.69) is 0 Å². The largest absolute Gasteiger partial charge is 0.495 e. The normalized spacial score (nSPS) is 28.5. The number of aliphatic hydroxyl groups excluding tert-OH is 1. The number of sulfonamides is 1. The molecule has 2 aliphatic rings. The van der Waals surface area contributed by atoms with E-state index in [1.807, 2.05) is 19.9 Å². The van der Waals surface area contributed by atoms with Crippen molar-refractivity contribution in [2.75, 3.05) is 20.2 Å². The van der Waals surface area contributed by atoms with Gasteiger partial charge in [0.15, 0.2) is 0 Å². The van der Waals surface area contributed by atoms with Crippen LogP contribution in [0.25, 0.3) is 0 Å². The summed E-state index contributed by atoms with van der Waals surface area (Å²) < 4.78 is 32.7. The molecule has 1 aliphatic carbocycles. The Kier molecular flexibility index (Phi) is 3.95. The van der Waals surface area contributed by atoms with E-state index in [0.717, 1.165) is 5.56 Å². The Morgan fingerprint density at radius 3 is 2.59 bits per heavy atom. The molecule has 1 aromatic rings. The summed E-state index contributed by atoms with van der Waals surface area (Å²) in [5.74, 6) is 1.01. The number of fused-ring (bicyclic) bond motifs is 1. The summed E-state index contributed by atoms with van der Waals surface area (Å²) in [6, 6.07) is 5.34. The summed E-state index contributed by atoms with van der Waals surface area (Å²) in [6.07, 6.45) is 0.355. The predicted molar refractivity (Wildman–Crippen MR) is 83.4 cm³/mol. The summed E-state index contributed by atoms with van der Waals surface area (Å²) in [4.78, 5) is 0.233. The van der Waals surface area contributed by atoms with Gasteiger partial charge >= 0.3 is 0 Å². The van der Waals surface area contributed by atoms with E-state index in [-0.39, 0.29) is 22.8 Å². The first kappa shape index (κ1) is 15.8. The van der Waals surface area contributed by atoms with Gasteiger partial charge in [-0.05, 0) is 36.0 Å². The van der Waals surface area contributed by atoms with Gasteiger partial charge in [0.05, 0.1) is 13.2 Å². The van der Waals surface area contributed by atoms with Crippen molar-refractivity contribution in [3.8, 4) is 5.75 Å². The number of methoxy groups -OCH3 is 1. The van der Waals surface area contributed by atoms with Crippen LogP contribution in [-0.4, -0.2) is 44.1 Å². The Hall–Kier alpha value is -1.11. The second kappa shape index (κ2) is 5.51. The van der Waals surface area contributed by atoms with Crippen molar-refractivity contribution >= 4 is 10.0 Å². The number of hydrogen-bond donors (Lipinski definition) is 1. The average Bonchev–Trinajstić information content (AvgIpc) is 2.84. The van der Waals surface area contributed by atoms with E-state index >= 15 is 0 Å². The van der Waals surface area contributed by atoms with Crippen LogP contribution in [0.5, 0.6) is 5.75 Å². The third-order valence-electron chi connectivity index (χ3n) is 4.97. The average molecular weight is 325 g/mol. The third-order valence-corrected chi connectivity index (χ3v) is 6.82. The molecular weight excluding hydrogens is 302 g/mol. The van der Waals surface area contributed by atoms with Gasteiger partial charge in [0, 0.05) is 19.0 Å². The first-order valence-electron chi connectivity index (χ1n) is 7.70. The fraction of sp³-hybridized carbons (Fsp3) is 0.625. The molecule has 1 saturated heterocycles. The van der Waals surface area contributed by atoms with Gasteiger partial charge in [0.2, 0.25) is 10.0 Å². The van der Waals surface area contributed by atoms with Crippen LogP contribution in [0.1, 0.15) is 31.7 Å². The lowest BCUT2D eigenvalue weighted by molar-refractivity contribution is -0.00416. The highest BCUT2D eigenvalue weighted by molar-refractivity contribution is 7.89. The summed E-state index contributed by atoms with van der Waals surface area (Å²) in [5, 5.41) is 9.74. The van der Waals surface area contributed by atoms with Crippen molar-refractivity contribution in [1.29, 1.82) is 0 Å². The minimum absolute atomic E-state index is 0.0917. The van der Waals surface area contributed by atoms with Crippen LogP contribution < -0.4 is 4.74 Å². The Bertz CT molecular complexity index is 671. The maximum absolute atomic E-state index is 13.0. The second-order valence-electron chi connectivity index (χ2n) is 6.61. The van der Waals surface area contributed by atoms with Crippen LogP contribution in [0, 0.1) is 11.8 Å². The van der Waals surface area contributed by atoms with Crippen molar-refractivity contribution in [3.63, 3.8) is 0 Å². The van der Waals surface area contributed by atoms with Gasteiger partial charge in [0.1, 0.15) is 10.6 Å². The fourth-order valence-corrected chi connectivity index (χ4v) is 5.14. The predicted octanol–water partition coefficient (Wildman–Crippen LogP) is 1.82. The molecule has 6 heteroatoms. The zero-order valence-electron chi connectivity index (χ0n) is 13.2. The molecule has 2 fully saturated rings. The molecule has 1 aromatic carbocycles. The van der Waals surface area contributed by atoms with Crippen LogP contribution >= 0.6 is 0 Å². The molecule has 22 heavy (non-hydrogen) atoms. The van der Waals surface area contributed by atoms with Crippen molar-refractivity contribution < 1.29 is 18.3 Å². The molecule has 0 bridgehead atoms. The number of hydrogen-bond acceptors (Lipinski definition) is 4. The summed E-state index contributed by atoms with van der Waals surface area (Å²) in [7, 11) is -2.10. The molecule has 3 rings (SSSR count). The van der Waals surface area contributed by atoms with Gasteiger partial charge in [-0.3, -0.25) is 0 Å². The standard InChI is InChI=1S/C16H23NO4S/c1-10(2)11-4-5-15(21-3)16(7-11)22(19,20)17-8-12-6-14(18)13(12)9-17/h4-5,7,10,12-14,18H,6,8-9H2,1-3H3/t12-,13+,14-/m1/s1. The summed E-state index contributed by atoms with van der Waals surface area (Å²) in [6.45, 7) is 4.97. The molecule has 0 spiro atoms. The molecule has 0 radical (unpaired) electrons. The highest BCUT2D eigenvalue weighted by atomic mass is 32.2. The van der Waals surface area contributed by atoms with E-state index in [9.17, 15) is 13.5 Å². The summed E-state index contributed by atoms with van der Waals surface area (Å²) in [5.41, 5.74) is 0.974. The second-order valence-corrected chi connectivity index (χ2v) is 8.52. The maximum atomic E-state index is 13.0. The molecule has 5 nitrogen and oxygen atoms in total. The molecule has 1 saturated carbocycles. The lowest BCUT2D eigenvalue weighted by Crippen LogP contribution is -2.39. The molecule has 1 N–H and O–H groups in total. The van der Waals surface area contributed by atoms with Crippen LogP contribution in [0.15, 0.2) is 23.1 Å². The molecule has 3 atom stereocenters. The SMILES string of the molecule is COc1ccc(C(C)C)cc1S(=O)(=O)N1C[C@H]2C[C@@H](O)[C@H]2C1. The number of aliphatic hydroxyl groups is 1. The molecule has 0 unspecified atom stereocenters. The lowest BCUT2D eigenvalue weighted by atomic mass is 9.74. The molecule has 0 aromatic heterocycles. The monoisotopic (exact) mass is 325 g/mol. The van der Waals surface area contributed by atoms with Crippen LogP contribution in [-0.2, 0) is 10.0 Å². The number of benzene rings is 1. The van der Waals surface area contributed by atoms with Gasteiger partial charge in [-0.1, -0.05) is 19.9 Å². The molecule has 122 valence electrons.